The van der Waals surface area contributed by atoms with Crippen molar-refractivity contribution < 1.29 is 0 Å². The summed E-state index contributed by atoms with van der Waals surface area (Å²) in [5.41, 5.74) is 6.13. The summed E-state index contributed by atoms with van der Waals surface area (Å²) in [5.74, 6) is 1.54. The first-order valence-electron chi connectivity index (χ1n) is 8.90. The molecule has 25 heavy (non-hydrogen) atoms. The third kappa shape index (κ3) is 4.54. The van der Waals surface area contributed by atoms with Gasteiger partial charge in [0.25, 0.3) is 0 Å². The van der Waals surface area contributed by atoms with E-state index in [9.17, 15) is 0 Å². The zero-order valence-corrected chi connectivity index (χ0v) is 15.2. The predicted octanol–water partition coefficient (Wildman–Crippen LogP) is 4.58. The van der Waals surface area contributed by atoms with E-state index in [1.807, 2.05) is 6.07 Å². The summed E-state index contributed by atoms with van der Waals surface area (Å²) in [6.07, 6.45) is 2.82. The SMILES string of the molecule is Cc1cc(CNCCC(C)C)ccc1-c1cccc(-c2nnc[nH]2)c1. The number of hydrogen-bond donors (Lipinski definition) is 2. The highest BCUT2D eigenvalue weighted by atomic mass is 15.2. The molecule has 0 saturated carbocycles. The Bertz CT molecular complexity index is 807. The zero-order chi connectivity index (χ0) is 17.6. The standard InChI is InChI=1S/C21H26N4/c1-15(2)9-10-22-13-17-7-8-20(16(3)11-17)18-5-4-6-19(12-18)21-23-14-24-25-21/h4-8,11-12,14-15,22H,9-10,13H2,1-3H3,(H,23,24,25). The Kier molecular flexibility index (Phi) is 5.61. The van der Waals surface area contributed by atoms with Crippen LogP contribution < -0.4 is 5.32 Å². The Morgan fingerprint density at radius 3 is 2.64 bits per heavy atom. The van der Waals surface area contributed by atoms with Crippen LogP contribution in [-0.2, 0) is 6.54 Å². The lowest BCUT2D eigenvalue weighted by Gasteiger charge is -2.11. The molecule has 0 atom stereocenters. The Balaban J connectivity index is 1.74. The quantitative estimate of drug-likeness (QED) is 0.622. The lowest BCUT2D eigenvalue weighted by atomic mass is 9.97. The van der Waals surface area contributed by atoms with Gasteiger partial charge in [-0.2, -0.15) is 0 Å². The summed E-state index contributed by atoms with van der Waals surface area (Å²) in [5, 5.41) is 11.5. The van der Waals surface area contributed by atoms with Crippen molar-refractivity contribution in [2.24, 2.45) is 5.92 Å². The number of aromatic amines is 1. The number of nitrogens with one attached hydrogen (secondary N) is 2. The van der Waals surface area contributed by atoms with Crippen molar-refractivity contribution in [2.75, 3.05) is 6.54 Å². The van der Waals surface area contributed by atoms with Gasteiger partial charge in [0, 0.05) is 12.1 Å². The van der Waals surface area contributed by atoms with E-state index in [0.717, 1.165) is 30.4 Å². The van der Waals surface area contributed by atoms with Crippen LogP contribution in [0.5, 0.6) is 0 Å². The highest BCUT2D eigenvalue weighted by Crippen LogP contribution is 2.27. The van der Waals surface area contributed by atoms with Crippen LogP contribution in [0, 0.1) is 12.8 Å². The van der Waals surface area contributed by atoms with Crippen LogP contribution in [0.25, 0.3) is 22.5 Å². The topological polar surface area (TPSA) is 53.6 Å². The van der Waals surface area contributed by atoms with Gasteiger partial charge in [-0.05, 0) is 54.1 Å². The van der Waals surface area contributed by atoms with E-state index in [1.54, 1.807) is 6.33 Å². The molecule has 0 spiro atoms. The summed E-state index contributed by atoms with van der Waals surface area (Å²) in [6, 6.07) is 15.1. The molecule has 2 N–H and O–H groups in total. The maximum atomic E-state index is 4.10. The fourth-order valence-corrected chi connectivity index (χ4v) is 2.96. The van der Waals surface area contributed by atoms with Gasteiger partial charge in [-0.15, -0.1) is 10.2 Å². The molecule has 0 fully saturated rings. The zero-order valence-electron chi connectivity index (χ0n) is 15.2. The van der Waals surface area contributed by atoms with E-state index >= 15 is 0 Å². The van der Waals surface area contributed by atoms with Crippen LogP contribution in [-0.4, -0.2) is 21.7 Å². The van der Waals surface area contributed by atoms with Gasteiger partial charge in [-0.25, -0.2) is 0 Å². The minimum Gasteiger partial charge on any atom is -0.328 e. The third-order valence-corrected chi connectivity index (χ3v) is 4.38. The molecule has 4 nitrogen and oxygen atoms in total. The summed E-state index contributed by atoms with van der Waals surface area (Å²) < 4.78 is 0. The summed E-state index contributed by atoms with van der Waals surface area (Å²) in [4.78, 5) is 3.06. The molecule has 0 saturated heterocycles. The van der Waals surface area contributed by atoms with Crippen LogP contribution >= 0.6 is 0 Å². The van der Waals surface area contributed by atoms with E-state index in [-0.39, 0.29) is 0 Å². The second-order valence-electron chi connectivity index (χ2n) is 6.93. The lowest BCUT2D eigenvalue weighted by Crippen LogP contribution is -2.16. The van der Waals surface area contributed by atoms with Crippen molar-refractivity contribution in [2.45, 2.75) is 33.7 Å². The fraction of sp³-hybridized carbons (Fsp3) is 0.333. The molecule has 3 aromatic rings. The van der Waals surface area contributed by atoms with Crippen LogP contribution in [0.2, 0.25) is 0 Å². The molecule has 0 aliphatic rings. The summed E-state index contributed by atoms with van der Waals surface area (Å²) >= 11 is 0. The molecule has 0 amide bonds. The van der Waals surface area contributed by atoms with E-state index in [1.165, 1.54) is 28.7 Å². The van der Waals surface area contributed by atoms with Gasteiger partial charge in [0.15, 0.2) is 5.82 Å². The fourth-order valence-electron chi connectivity index (χ4n) is 2.96. The second kappa shape index (κ2) is 8.08. The van der Waals surface area contributed by atoms with Crippen molar-refractivity contribution in [1.82, 2.24) is 20.5 Å². The Morgan fingerprint density at radius 2 is 1.92 bits per heavy atom. The summed E-state index contributed by atoms with van der Waals surface area (Å²) in [7, 11) is 0. The van der Waals surface area contributed by atoms with Crippen molar-refractivity contribution in [3.8, 4) is 22.5 Å². The van der Waals surface area contributed by atoms with Crippen LogP contribution in [0.1, 0.15) is 31.4 Å². The van der Waals surface area contributed by atoms with Crippen LogP contribution in [0.4, 0.5) is 0 Å². The minimum absolute atomic E-state index is 0.744. The lowest BCUT2D eigenvalue weighted by molar-refractivity contribution is 0.537. The average Bonchev–Trinajstić information content (AvgIpc) is 3.13. The Morgan fingerprint density at radius 1 is 1.08 bits per heavy atom. The van der Waals surface area contributed by atoms with Crippen LogP contribution in [0.15, 0.2) is 48.8 Å². The van der Waals surface area contributed by atoms with E-state index in [0.29, 0.717) is 0 Å². The third-order valence-electron chi connectivity index (χ3n) is 4.38. The summed E-state index contributed by atoms with van der Waals surface area (Å²) in [6.45, 7) is 8.68. The van der Waals surface area contributed by atoms with Gasteiger partial charge < -0.3 is 10.3 Å². The molecule has 0 aliphatic carbocycles. The molecule has 1 heterocycles. The van der Waals surface area contributed by atoms with Gasteiger partial charge in [0.2, 0.25) is 0 Å². The Hall–Kier alpha value is -2.46. The highest BCUT2D eigenvalue weighted by Gasteiger charge is 2.07. The number of rotatable bonds is 7. The molecule has 0 bridgehead atoms. The second-order valence-corrected chi connectivity index (χ2v) is 6.93. The number of H-pyrrole nitrogens is 1. The molecular formula is C21H26N4. The molecule has 4 heteroatoms. The molecule has 2 aromatic carbocycles. The maximum absolute atomic E-state index is 4.10. The molecular weight excluding hydrogens is 308 g/mol. The number of aryl methyl sites for hydroxylation is 1. The van der Waals surface area contributed by atoms with Crippen molar-refractivity contribution >= 4 is 0 Å². The first-order chi connectivity index (χ1) is 12.1. The number of nitrogens with zero attached hydrogens (tertiary/aromatic N) is 2. The van der Waals surface area contributed by atoms with Gasteiger partial charge in [0.05, 0.1) is 0 Å². The van der Waals surface area contributed by atoms with Gasteiger partial charge >= 0.3 is 0 Å². The van der Waals surface area contributed by atoms with Gasteiger partial charge in [-0.1, -0.05) is 50.2 Å². The molecule has 1 aromatic heterocycles. The number of hydrogen-bond acceptors (Lipinski definition) is 3. The maximum Gasteiger partial charge on any atom is 0.161 e. The first-order valence-corrected chi connectivity index (χ1v) is 8.90. The predicted molar refractivity (Wildman–Crippen MR) is 103 cm³/mol. The highest BCUT2D eigenvalue weighted by molar-refractivity contribution is 5.72. The molecule has 0 aliphatic heterocycles. The van der Waals surface area contributed by atoms with Crippen molar-refractivity contribution in [3.63, 3.8) is 0 Å². The number of aromatic nitrogens is 3. The molecule has 130 valence electrons. The molecule has 0 radical (unpaired) electrons. The first kappa shape index (κ1) is 17.4. The van der Waals surface area contributed by atoms with E-state index < -0.39 is 0 Å². The van der Waals surface area contributed by atoms with Crippen molar-refractivity contribution in [1.29, 1.82) is 0 Å². The smallest absolute Gasteiger partial charge is 0.161 e. The monoisotopic (exact) mass is 334 g/mol. The minimum atomic E-state index is 0.744. The largest absolute Gasteiger partial charge is 0.328 e. The van der Waals surface area contributed by atoms with Crippen molar-refractivity contribution in [3.05, 3.63) is 59.9 Å². The average molecular weight is 334 g/mol. The molecule has 0 unspecified atom stereocenters. The Labute approximate surface area is 149 Å². The normalized spacial score (nSPS) is 11.2. The molecule has 3 rings (SSSR count). The number of benzene rings is 2. The van der Waals surface area contributed by atoms with Gasteiger partial charge in [-0.3, -0.25) is 0 Å². The van der Waals surface area contributed by atoms with E-state index in [4.69, 9.17) is 0 Å². The van der Waals surface area contributed by atoms with Crippen LogP contribution in [0.3, 0.4) is 0 Å². The van der Waals surface area contributed by atoms with E-state index in [2.05, 4.69) is 77.7 Å². The van der Waals surface area contributed by atoms with Gasteiger partial charge in [0.1, 0.15) is 6.33 Å².